The molecule has 1 saturated heterocycles. The van der Waals surface area contributed by atoms with Crippen molar-refractivity contribution in [1.29, 1.82) is 0 Å². The van der Waals surface area contributed by atoms with Crippen molar-refractivity contribution in [1.82, 2.24) is 10.2 Å². The maximum Gasteiger partial charge on any atom is 0.329 e. The standard InChI is InChI=1S/C15H14I2N2O3/c1-3-5-19-14(20)12(18-15(19)21)8-9-6-10(16)13(22-4-2)11(17)7-9/h3,6-8H,1,4-5H2,2H3,(H,18,21)/b12-8+. The first-order valence-electron chi connectivity index (χ1n) is 6.55. The lowest BCUT2D eigenvalue weighted by Gasteiger charge is -2.09. The van der Waals surface area contributed by atoms with Crippen LogP contribution in [0.25, 0.3) is 6.08 Å². The van der Waals surface area contributed by atoms with Gasteiger partial charge in [0.25, 0.3) is 5.91 Å². The molecular formula is C15H14I2N2O3. The average molecular weight is 524 g/mol. The van der Waals surface area contributed by atoms with Gasteiger partial charge in [0.1, 0.15) is 11.4 Å². The van der Waals surface area contributed by atoms with Gasteiger partial charge in [0.2, 0.25) is 0 Å². The Bertz CT molecular complexity index is 648. The fourth-order valence-corrected chi connectivity index (χ4v) is 4.11. The molecule has 1 aliphatic rings. The van der Waals surface area contributed by atoms with E-state index in [4.69, 9.17) is 4.74 Å². The van der Waals surface area contributed by atoms with Crippen molar-refractivity contribution in [2.45, 2.75) is 6.92 Å². The third-order valence-electron chi connectivity index (χ3n) is 2.89. The second kappa shape index (κ2) is 7.44. The Labute approximate surface area is 156 Å². The lowest BCUT2D eigenvalue weighted by Crippen LogP contribution is -2.30. The lowest BCUT2D eigenvalue weighted by atomic mass is 10.2. The van der Waals surface area contributed by atoms with Crippen LogP contribution >= 0.6 is 45.2 Å². The number of hydrogen-bond acceptors (Lipinski definition) is 3. The van der Waals surface area contributed by atoms with E-state index >= 15 is 0 Å². The van der Waals surface area contributed by atoms with Gasteiger partial charge in [-0.25, -0.2) is 4.79 Å². The van der Waals surface area contributed by atoms with Gasteiger partial charge in [-0.1, -0.05) is 6.08 Å². The first-order valence-corrected chi connectivity index (χ1v) is 8.71. The van der Waals surface area contributed by atoms with Crippen LogP contribution in [0, 0.1) is 7.14 Å². The van der Waals surface area contributed by atoms with Crippen molar-refractivity contribution in [2.75, 3.05) is 13.2 Å². The number of urea groups is 1. The number of nitrogens with zero attached hydrogens (tertiary/aromatic N) is 1. The predicted molar refractivity (Wildman–Crippen MR) is 101 cm³/mol. The van der Waals surface area contributed by atoms with Gasteiger partial charge in [-0.15, -0.1) is 6.58 Å². The molecular weight excluding hydrogens is 510 g/mol. The van der Waals surface area contributed by atoms with Crippen LogP contribution < -0.4 is 10.1 Å². The maximum absolute atomic E-state index is 12.1. The van der Waals surface area contributed by atoms with Crippen LogP contribution in [0.4, 0.5) is 4.79 Å². The zero-order chi connectivity index (χ0) is 16.3. The molecule has 22 heavy (non-hydrogen) atoms. The van der Waals surface area contributed by atoms with Gasteiger partial charge in [-0.05, 0) is 75.9 Å². The topological polar surface area (TPSA) is 58.6 Å². The van der Waals surface area contributed by atoms with Gasteiger partial charge in [0, 0.05) is 6.54 Å². The van der Waals surface area contributed by atoms with E-state index in [1.54, 1.807) is 6.08 Å². The van der Waals surface area contributed by atoms with E-state index in [-0.39, 0.29) is 18.1 Å². The number of nitrogens with one attached hydrogen (secondary N) is 1. The number of rotatable bonds is 5. The Morgan fingerprint density at radius 1 is 1.32 bits per heavy atom. The molecule has 0 saturated carbocycles. The summed E-state index contributed by atoms with van der Waals surface area (Å²) in [5, 5.41) is 2.58. The molecule has 1 fully saturated rings. The summed E-state index contributed by atoms with van der Waals surface area (Å²) in [6.45, 7) is 6.27. The minimum absolute atomic E-state index is 0.195. The van der Waals surface area contributed by atoms with Gasteiger partial charge in [0.05, 0.1) is 13.7 Å². The summed E-state index contributed by atoms with van der Waals surface area (Å²) < 4.78 is 7.50. The summed E-state index contributed by atoms with van der Waals surface area (Å²) in [6.07, 6.45) is 3.19. The van der Waals surface area contributed by atoms with Crippen molar-refractivity contribution < 1.29 is 14.3 Å². The normalized spacial score (nSPS) is 16.1. The Hall–Kier alpha value is -1.10. The minimum Gasteiger partial charge on any atom is -0.492 e. The van der Waals surface area contributed by atoms with E-state index in [9.17, 15) is 9.59 Å². The lowest BCUT2D eigenvalue weighted by molar-refractivity contribution is -0.122. The van der Waals surface area contributed by atoms with Crippen LogP contribution in [-0.2, 0) is 4.79 Å². The van der Waals surface area contributed by atoms with E-state index in [1.165, 1.54) is 6.08 Å². The van der Waals surface area contributed by atoms with Gasteiger partial charge in [-0.3, -0.25) is 9.69 Å². The summed E-state index contributed by atoms with van der Waals surface area (Å²) in [5.41, 5.74) is 1.10. The van der Waals surface area contributed by atoms with Crippen molar-refractivity contribution >= 4 is 63.2 Å². The van der Waals surface area contributed by atoms with Gasteiger partial charge in [0.15, 0.2) is 0 Å². The molecule has 1 aliphatic heterocycles. The summed E-state index contributed by atoms with van der Waals surface area (Å²) in [5.74, 6) is 0.490. The Morgan fingerprint density at radius 3 is 2.50 bits per heavy atom. The highest BCUT2D eigenvalue weighted by atomic mass is 127. The highest BCUT2D eigenvalue weighted by Crippen LogP contribution is 2.30. The molecule has 1 N–H and O–H groups in total. The molecule has 5 nitrogen and oxygen atoms in total. The van der Waals surface area contributed by atoms with Crippen LogP contribution in [0.5, 0.6) is 5.75 Å². The van der Waals surface area contributed by atoms with Crippen LogP contribution in [0.3, 0.4) is 0 Å². The molecule has 0 spiro atoms. The summed E-state index contributed by atoms with van der Waals surface area (Å²) in [7, 11) is 0. The Kier molecular flexibility index (Phi) is 5.84. The molecule has 0 aromatic heterocycles. The highest BCUT2D eigenvalue weighted by molar-refractivity contribution is 14.1. The molecule has 0 atom stereocenters. The van der Waals surface area contributed by atoms with Crippen molar-refractivity contribution in [3.63, 3.8) is 0 Å². The van der Waals surface area contributed by atoms with Crippen molar-refractivity contribution in [2.24, 2.45) is 0 Å². The van der Waals surface area contributed by atoms with Gasteiger partial charge < -0.3 is 10.1 Å². The van der Waals surface area contributed by atoms with Crippen LogP contribution in [0.2, 0.25) is 0 Å². The third kappa shape index (κ3) is 3.62. The molecule has 0 bridgehead atoms. The quantitative estimate of drug-likeness (QED) is 0.279. The van der Waals surface area contributed by atoms with Crippen molar-refractivity contribution in [3.8, 4) is 5.75 Å². The first-order chi connectivity index (χ1) is 10.5. The van der Waals surface area contributed by atoms with E-state index in [1.807, 2.05) is 19.1 Å². The Balaban J connectivity index is 2.32. The second-order valence-electron chi connectivity index (χ2n) is 4.44. The number of benzene rings is 1. The smallest absolute Gasteiger partial charge is 0.329 e. The highest BCUT2D eigenvalue weighted by Gasteiger charge is 2.32. The minimum atomic E-state index is -0.425. The average Bonchev–Trinajstić information content (AvgIpc) is 2.71. The zero-order valence-electron chi connectivity index (χ0n) is 11.9. The van der Waals surface area contributed by atoms with E-state index in [2.05, 4.69) is 57.1 Å². The molecule has 0 aliphatic carbocycles. The van der Waals surface area contributed by atoms with E-state index in [0.29, 0.717) is 6.61 Å². The van der Waals surface area contributed by atoms with Gasteiger partial charge >= 0.3 is 6.03 Å². The molecule has 116 valence electrons. The number of ether oxygens (including phenoxy) is 1. The summed E-state index contributed by atoms with van der Waals surface area (Å²) in [6, 6.07) is 3.40. The predicted octanol–water partition coefficient (Wildman–Crippen LogP) is 3.37. The molecule has 3 amide bonds. The molecule has 1 aromatic carbocycles. The molecule has 0 radical (unpaired) electrons. The molecule has 1 aromatic rings. The van der Waals surface area contributed by atoms with E-state index in [0.717, 1.165) is 23.4 Å². The molecule has 7 heteroatoms. The Morgan fingerprint density at radius 2 is 1.95 bits per heavy atom. The molecule has 2 rings (SSSR count). The number of hydrogen-bond donors (Lipinski definition) is 1. The largest absolute Gasteiger partial charge is 0.492 e. The van der Waals surface area contributed by atoms with Crippen LogP contribution in [0.1, 0.15) is 12.5 Å². The second-order valence-corrected chi connectivity index (χ2v) is 6.76. The zero-order valence-corrected chi connectivity index (χ0v) is 16.2. The number of carbonyl (C=O) groups is 2. The number of imide groups is 1. The molecule has 0 unspecified atom stereocenters. The summed E-state index contributed by atoms with van der Waals surface area (Å²) >= 11 is 4.39. The SMILES string of the molecule is C=CCN1C(=O)N/C(=C/c2cc(I)c(OCC)c(I)c2)C1=O. The summed E-state index contributed by atoms with van der Waals surface area (Å²) in [4.78, 5) is 25.0. The maximum atomic E-state index is 12.1. The number of amides is 3. The van der Waals surface area contributed by atoms with Gasteiger partial charge in [-0.2, -0.15) is 0 Å². The van der Waals surface area contributed by atoms with Crippen LogP contribution in [-0.4, -0.2) is 30.0 Å². The monoisotopic (exact) mass is 524 g/mol. The fourth-order valence-electron chi connectivity index (χ4n) is 1.98. The van der Waals surface area contributed by atoms with Crippen LogP contribution in [0.15, 0.2) is 30.5 Å². The fraction of sp³-hybridized carbons (Fsp3) is 0.200. The first kappa shape index (κ1) is 17.3. The van der Waals surface area contributed by atoms with Crippen molar-refractivity contribution in [3.05, 3.63) is 43.2 Å². The number of halogens is 2. The van der Waals surface area contributed by atoms with E-state index < -0.39 is 6.03 Å². The number of carbonyl (C=O) groups excluding carboxylic acids is 2. The third-order valence-corrected chi connectivity index (χ3v) is 4.50. The molecule has 1 heterocycles.